The van der Waals surface area contributed by atoms with E-state index in [4.69, 9.17) is 0 Å². The molecule has 2 nitrogen and oxygen atoms in total. The Balaban J connectivity index is 2.07. The van der Waals surface area contributed by atoms with Crippen LogP contribution in [0.3, 0.4) is 0 Å². The van der Waals surface area contributed by atoms with E-state index in [1.165, 1.54) is 12.1 Å². The lowest BCUT2D eigenvalue weighted by Gasteiger charge is -2.26. The van der Waals surface area contributed by atoms with E-state index < -0.39 is 0 Å². The fourth-order valence-electron chi connectivity index (χ4n) is 2.25. The van der Waals surface area contributed by atoms with Crippen LogP contribution in [0.1, 0.15) is 39.0 Å². The Hall–Kier alpha value is -0.790. The third-order valence-corrected chi connectivity index (χ3v) is 3.02. The Morgan fingerprint density at radius 2 is 2.38 bits per heavy atom. The SMILES string of the molecule is CC1CCC=C(N2CCCC2=O)C1. The van der Waals surface area contributed by atoms with Crippen LogP contribution in [0, 0.1) is 5.92 Å². The second-order valence-corrected chi connectivity index (χ2v) is 4.23. The van der Waals surface area contributed by atoms with E-state index in [0.717, 1.165) is 38.1 Å². The minimum atomic E-state index is 0.334. The van der Waals surface area contributed by atoms with Crippen molar-refractivity contribution in [3.63, 3.8) is 0 Å². The zero-order valence-corrected chi connectivity index (χ0v) is 8.25. The Labute approximate surface area is 79.6 Å². The van der Waals surface area contributed by atoms with E-state index in [1.807, 2.05) is 4.90 Å². The van der Waals surface area contributed by atoms with Crippen molar-refractivity contribution in [1.29, 1.82) is 0 Å². The maximum Gasteiger partial charge on any atom is 0.226 e. The summed E-state index contributed by atoms with van der Waals surface area (Å²) in [5.74, 6) is 1.09. The van der Waals surface area contributed by atoms with Gasteiger partial charge in [-0.15, -0.1) is 0 Å². The molecule has 1 amide bonds. The summed E-state index contributed by atoms with van der Waals surface area (Å²) in [7, 11) is 0. The van der Waals surface area contributed by atoms with E-state index in [9.17, 15) is 4.79 Å². The van der Waals surface area contributed by atoms with Crippen LogP contribution in [0.15, 0.2) is 11.8 Å². The van der Waals surface area contributed by atoms with Gasteiger partial charge in [-0.1, -0.05) is 13.0 Å². The minimum absolute atomic E-state index is 0.334. The van der Waals surface area contributed by atoms with E-state index in [1.54, 1.807) is 0 Å². The number of amides is 1. The third-order valence-electron chi connectivity index (χ3n) is 3.02. The second kappa shape index (κ2) is 3.52. The van der Waals surface area contributed by atoms with Crippen LogP contribution in [0.2, 0.25) is 0 Å². The van der Waals surface area contributed by atoms with Gasteiger partial charge in [0.2, 0.25) is 5.91 Å². The predicted molar refractivity (Wildman–Crippen MR) is 52.0 cm³/mol. The van der Waals surface area contributed by atoms with Gasteiger partial charge in [-0.3, -0.25) is 4.79 Å². The number of carbonyl (C=O) groups is 1. The van der Waals surface area contributed by atoms with Crippen molar-refractivity contribution in [2.24, 2.45) is 5.92 Å². The summed E-state index contributed by atoms with van der Waals surface area (Å²) in [6, 6.07) is 0. The van der Waals surface area contributed by atoms with Gasteiger partial charge in [0.1, 0.15) is 0 Å². The molecule has 1 unspecified atom stereocenters. The molecule has 1 aliphatic carbocycles. The molecule has 0 spiro atoms. The fraction of sp³-hybridized carbons (Fsp3) is 0.727. The molecule has 1 saturated heterocycles. The van der Waals surface area contributed by atoms with Crippen LogP contribution >= 0.6 is 0 Å². The van der Waals surface area contributed by atoms with Crippen LogP contribution in [0.25, 0.3) is 0 Å². The fourth-order valence-corrected chi connectivity index (χ4v) is 2.25. The number of carbonyl (C=O) groups excluding carboxylic acids is 1. The molecule has 72 valence electrons. The minimum Gasteiger partial charge on any atom is -0.317 e. The van der Waals surface area contributed by atoms with Crippen molar-refractivity contribution in [3.8, 4) is 0 Å². The van der Waals surface area contributed by atoms with Gasteiger partial charge in [0.25, 0.3) is 0 Å². The molecule has 2 rings (SSSR count). The lowest BCUT2D eigenvalue weighted by molar-refractivity contribution is -0.126. The molecule has 0 radical (unpaired) electrons. The van der Waals surface area contributed by atoms with Crippen molar-refractivity contribution in [3.05, 3.63) is 11.8 Å². The summed E-state index contributed by atoms with van der Waals surface area (Å²) in [4.78, 5) is 13.5. The quantitative estimate of drug-likeness (QED) is 0.605. The molecule has 1 aliphatic heterocycles. The molecular weight excluding hydrogens is 162 g/mol. The number of nitrogens with zero attached hydrogens (tertiary/aromatic N) is 1. The van der Waals surface area contributed by atoms with Gasteiger partial charge in [-0.05, 0) is 31.6 Å². The Morgan fingerprint density at radius 3 is 3.00 bits per heavy atom. The van der Waals surface area contributed by atoms with Crippen molar-refractivity contribution in [1.82, 2.24) is 4.90 Å². The zero-order chi connectivity index (χ0) is 9.26. The van der Waals surface area contributed by atoms with E-state index in [2.05, 4.69) is 13.0 Å². The monoisotopic (exact) mass is 179 g/mol. The number of allylic oxidation sites excluding steroid dienone is 2. The van der Waals surface area contributed by atoms with Crippen molar-refractivity contribution in [2.75, 3.05) is 6.54 Å². The van der Waals surface area contributed by atoms with Crippen molar-refractivity contribution < 1.29 is 4.79 Å². The van der Waals surface area contributed by atoms with Gasteiger partial charge < -0.3 is 4.90 Å². The van der Waals surface area contributed by atoms with Gasteiger partial charge in [0.15, 0.2) is 0 Å². The highest BCUT2D eigenvalue weighted by Crippen LogP contribution is 2.28. The largest absolute Gasteiger partial charge is 0.317 e. The van der Waals surface area contributed by atoms with Gasteiger partial charge in [-0.25, -0.2) is 0 Å². The highest BCUT2D eigenvalue weighted by Gasteiger charge is 2.25. The molecule has 1 fully saturated rings. The van der Waals surface area contributed by atoms with Crippen LogP contribution in [0.4, 0.5) is 0 Å². The van der Waals surface area contributed by atoms with E-state index >= 15 is 0 Å². The van der Waals surface area contributed by atoms with E-state index in [0.29, 0.717) is 5.91 Å². The second-order valence-electron chi connectivity index (χ2n) is 4.23. The average Bonchev–Trinajstić information content (AvgIpc) is 2.51. The number of hydrogen-bond acceptors (Lipinski definition) is 1. The van der Waals surface area contributed by atoms with Crippen LogP contribution in [0.5, 0.6) is 0 Å². The Morgan fingerprint density at radius 1 is 1.54 bits per heavy atom. The molecule has 0 aromatic heterocycles. The predicted octanol–water partition coefficient (Wildman–Crippen LogP) is 2.31. The lowest BCUT2D eigenvalue weighted by Crippen LogP contribution is -2.26. The topological polar surface area (TPSA) is 20.3 Å². The molecule has 1 heterocycles. The van der Waals surface area contributed by atoms with Crippen molar-refractivity contribution in [2.45, 2.75) is 39.0 Å². The first-order valence-electron chi connectivity index (χ1n) is 5.27. The molecule has 0 bridgehead atoms. The Bertz CT molecular complexity index is 244. The summed E-state index contributed by atoms with van der Waals surface area (Å²) < 4.78 is 0. The molecule has 0 aromatic rings. The molecule has 0 saturated carbocycles. The summed E-state index contributed by atoms with van der Waals surface area (Å²) >= 11 is 0. The summed E-state index contributed by atoms with van der Waals surface area (Å²) in [6.07, 6.45) is 7.59. The van der Waals surface area contributed by atoms with Crippen LogP contribution < -0.4 is 0 Å². The average molecular weight is 179 g/mol. The molecule has 0 N–H and O–H groups in total. The molecule has 0 aromatic carbocycles. The molecule has 2 aliphatic rings. The molecular formula is C11H17NO. The summed E-state index contributed by atoms with van der Waals surface area (Å²) in [6.45, 7) is 3.23. The van der Waals surface area contributed by atoms with Gasteiger partial charge >= 0.3 is 0 Å². The van der Waals surface area contributed by atoms with Crippen LogP contribution in [-0.2, 0) is 4.79 Å². The lowest BCUT2D eigenvalue weighted by atomic mass is 9.93. The molecule has 13 heavy (non-hydrogen) atoms. The summed E-state index contributed by atoms with van der Waals surface area (Å²) in [5, 5.41) is 0. The maximum absolute atomic E-state index is 11.5. The Kier molecular flexibility index (Phi) is 2.38. The first-order valence-corrected chi connectivity index (χ1v) is 5.27. The first kappa shape index (κ1) is 8.79. The van der Waals surface area contributed by atoms with Gasteiger partial charge in [-0.2, -0.15) is 0 Å². The molecule has 1 atom stereocenters. The number of rotatable bonds is 1. The zero-order valence-electron chi connectivity index (χ0n) is 8.25. The highest BCUT2D eigenvalue weighted by atomic mass is 16.2. The number of likely N-dealkylation sites (tertiary alicyclic amines) is 1. The normalized spacial score (nSPS) is 29.3. The summed E-state index contributed by atoms with van der Waals surface area (Å²) in [5.41, 5.74) is 1.29. The third kappa shape index (κ3) is 1.77. The molecule has 2 heteroatoms. The standard InChI is InChI=1S/C11H17NO/c1-9-4-2-5-10(8-9)12-7-3-6-11(12)13/h5,9H,2-4,6-8H2,1H3. The first-order chi connectivity index (χ1) is 6.27. The number of hydrogen-bond donors (Lipinski definition) is 0. The van der Waals surface area contributed by atoms with Gasteiger partial charge in [0, 0.05) is 18.7 Å². The maximum atomic E-state index is 11.5. The van der Waals surface area contributed by atoms with Crippen molar-refractivity contribution >= 4 is 5.91 Å². The van der Waals surface area contributed by atoms with E-state index in [-0.39, 0.29) is 0 Å². The smallest absolute Gasteiger partial charge is 0.226 e. The van der Waals surface area contributed by atoms with Crippen LogP contribution in [-0.4, -0.2) is 17.4 Å². The van der Waals surface area contributed by atoms with Gasteiger partial charge in [0.05, 0.1) is 0 Å². The highest BCUT2D eigenvalue weighted by molar-refractivity contribution is 5.80.